The molecule has 0 aliphatic heterocycles. The zero-order valence-electron chi connectivity index (χ0n) is 6.48. The minimum atomic E-state index is -0.332. The van der Waals surface area contributed by atoms with Crippen molar-refractivity contribution in [2.45, 2.75) is 25.3 Å². The fraction of sp³-hybridized carbons (Fsp3) is 0.625. The Hall–Kier alpha value is -1.01. The number of hydrogen-bond acceptors (Lipinski definition) is 2. The molecule has 1 aliphatic carbocycles. The highest BCUT2D eigenvalue weighted by Gasteiger charge is 2.43. The Balaban J connectivity index is 2.40. The summed E-state index contributed by atoms with van der Waals surface area (Å²) in [6.07, 6.45) is 1.72. The van der Waals surface area contributed by atoms with Crippen LogP contribution in [0.1, 0.15) is 19.8 Å². The summed E-state index contributed by atoms with van der Waals surface area (Å²) in [7, 11) is 0. The summed E-state index contributed by atoms with van der Waals surface area (Å²) in [6.45, 7) is 1.63. The summed E-state index contributed by atoms with van der Waals surface area (Å²) in [5.74, 6) is 4.57. The van der Waals surface area contributed by atoms with Gasteiger partial charge in [-0.25, -0.2) is 0 Å². The van der Waals surface area contributed by atoms with Gasteiger partial charge >= 0.3 is 0 Å². The van der Waals surface area contributed by atoms with E-state index in [1.165, 1.54) is 0 Å². The standard InChI is InChI=1S/C8H11NO2/c1-2-3-7(11)9-8(6-10)4-5-8/h10H,4-6H2,1H3,(H,9,11). The van der Waals surface area contributed by atoms with Crippen LogP contribution in [0.15, 0.2) is 0 Å². The number of hydrogen-bond donors (Lipinski definition) is 2. The molecule has 3 heteroatoms. The second kappa shape index (κ2) is 2.93. The van der Waals surface area contributed by atoms with Crippen molar-refractivity contribution in [1.82, 2.24) is 5.32 Å². The van der Waals surface area contributed by atoms with Gasteiger partial charge in [-0.05, 0) is 25.7 Å². The van der Waals surface area contributed by atoms with E-state index in [1.807, 2.05) is 0 Å². The fourth-order valence-electron chi connectivity index (χ4n) is 0.859. The summed E-state index contributed by atoms with van der Waals surface area (Å²) in [4.78, 5) is 10.9. The van der Waals surface area contributed by atoms with E-state index in [1.54, 1.807) is 6.92 Å². The van der Waals surface area contributed by atoms with Gasteiger partial charge in [-0.1, -0.05) is 5.92 Å². The minimum Gasteiger partial charge on any atom is -0.394 e. The summed E-state index contributed by atoms with van der Waals surface area (Å²) < 4.78 is 0. The molecule has 0 saturated heterocycles. The highest BCUT2D eigenvalue weighted by atomic mass is 16.3. The van der Waals surface area contributed by atoms with E-state index in [4.69, 9.17) is 5.11 Å². The Morgan fingerprint density at radius 3 is 2.73 bits per heavy atom. The summed E-state index contributed by atoms with van der Waals surface area (Å²) in [5.41, 5.74) is -0.332. The molecule has 0 atom stereocenters. The molecule has 0 heterocycles. The van der Waals surface area contributed by atoms with E-state index in [-0.39, 0.29) is 18.1 Å². The van der Waals surface area contributed by atoms with Gasteiger partial charge in [-0.15, -0.1) is 0 Å². The number of aliphatic hydroxyl groups is 1. The van der Waals surface area contributed by atoms with Crippen LogP contribution in [0.2, 0.25) is 0 Å². The maximum atomic E-state index is 10.9. The average molecular weight is 153 g/mol. The molecule has 1 rings (SSSR count). The predicted octanol–water partition coefficient (Wildman–Crippen LogP) is -0.349. The van der Waals surface area contributed by atoms with E-state index in [9.17, 15) is 4.79 Å². The first-order valence-electron chi connectivity index (χ1n) is 3.58. The van der Waals surface area contributed by atoms with Gasteiger partial charge in [0.05, 0.1) is 12.1 Å². The molecule has 0 unspecified atom stereocenters. The molecule has 1 amide bonds. The third-order valence-corrected chi connectivity index (χ3v) is 1.77. The molecule has 0 radical (unpaired) electrons. The van der Waals surface area contributed by atoms with Gasteiger partial charge in [0.1, 0.15) is 0 Å². The van der Waals surface area contributed by atoms with Gasteiger partial charge < -0.3 is 10.4 Å². The van der Waals surface area contributed by atoms with Crippen LogP contribution in [0.5, 0.6) is 0 Å². The van der Waals surface area contributed by atoms with Crippen LogP contribution in [-0.2, 0) is 4.79 Å². The Kier molecular flexibility index (Phi) is 2.16. The summed E-state index contributed by atoms with van der Waals surface area (Å²) in [5, 5.41) is 11.5. The van der Waals surface area contributed by atoms with Gasteiger partial charge in [-0.2, -0.15) is 0 Å². The molecule has 60 valence electrons. The van der Waals surface area contributed by atoms with Crippen molar-refractivity contribution in [3.05, 3.63) is 0 Å². The molecule has 3 nitrogen and oxygen atoms in total. The largest absolute Gasteiger partial charge is 0.394 e. The quantitative estimate of drug-likeness (QED) is 0.533. The topological polar surface area (TPSA) is 49.3 Å². The van der Waals surface area contributed by atoms with Crippen LogP contribution < -0.4 is 5.32 Å². The number of aliphatic hydroxyl groups excluding tert-OH is 1. The molecule has 11 heavy (non-hydrogen) atoms. The van der Waals surface area contributed by atoms with Crippen molar-refractivity contribution in [3.63, 3.8) is 0 Å². The molecular weight excluding hydrogens is 142 g/mol. The fourth-order valence-corrected chi connectivity index (χ4v) is 0.859. The lowest BCUT2D eigenvalue weighted by molar-refractivity contribution is -0.116. The number of rotatable bonds is 2. The second-order valence-electron chi connectivity index (χ2n) is 2.77. The monoisotopic (exact) mass is 153 g/mol. The number of carbonyl (C=O) groups excluding carboxylic acids is 1. The Morgan fingerprint density at radius 1 is 1.73 bits per heavy atom. The van der Waals surface area contributed by atoms with Gasteiger partial charge in [0.15, 0.2) is 0 Å². The summed E-state index contributed by atoms with van der Waals surface area (Å²) in [6, 6.07) is 0. The second-order valence-corrected chi connectivity index (χ2v) is 2.77. The third kappa shape index (κ3) is 1.95. The lowest BCUT2D eigenvalue weighted by atomic mass is 10.3. The average Bonchev–Trinajstić information content (AvgIpc) is 2.70. The Morgan fingerprint density at radius 2 is 2.36 bits per heavy atom. The highest BCUT2D eigenvalue weighted by Crippen LogP contribution is 2.34. The third-order valence-electron chi connectivity index (χ3n) is 1.77. The van der Waals surface area contributed by atoms with Crippen molar-refractivity contribution >= 4 is 5.91 Å². The van der Waals surface area contributed by atoms with Gasteiger partial charge in [0, 0.05) is 0 Å². The van der Waals surface area contributed by atoms with Crippen LogP contribution in [0, 0.1) is 11.8 Å². The first kappa shape index (κ1) is 8.09. The molecule has 2 N–H and O–H groups in total. The smallest absolute Gasteiger partial charge is 0.296 e. The number of amides is 1. The van der Waals surface area contributed by atoms with Crippen molar-refractivity contribution in [2.24, 2.45) is 0 Å². The van der Waals surface area contributed by atoms with E-state index in [2.05, 4.69) is 17.2 Å². The van der Waals surface area contributed by atoms with E-state index >= 15 is 0 Å². The van der Waals surface area contributed by atoms with Crippen molar-refractivity contribution in [2.75, 3.05) is 6.61 Å². The molecule has 0 aromatic heterocycles. The number of nitrogens with one attached hydrogen (secondary N) is 1. The van der Waals surface area contributed by atoms with E-state index < -0.39 is 0 Å². The predicted molar refractivity (Wildman–Crippen MR) is 40.6 cm³/mol. The normalized spacial score (nSPS) is 18.0. The van der Waals surface area contributed by atoms with E-state index in [0.717, 1.165) is 12.8 Å². The van der Waals surface area contributed by atoms with Crippen molar-refractivity contribution in [1.29, 1.82) is 0 Å². The zero-order chi connectivity index (χ0) is 8.32. The maximum absolute atomic E-state index is 10.9. The molecular formula is C8H11NO2. The van der Waals surface area contributed by atoms with Crippen LogP contribution in [-0.4, -0.2) is 23.2 Å². The van der Waals surface area contributed by atoms with Crippen LogP contribution >= 0.6 is 0 Å². The van der Waals surface area contributed by atoms with Crippen molar-refractivity contribution < 1.29 is 9.90 Å². The SMILES string of the molecule is CC#CC(=O)NC1(CO)CC1. The van der Waals surface area contributed by atoms with E-state index in [0.29, 0.717) is 0 Å². The molecule has 0 aromatic rings. The van der Waals surface area contributed by atoms with Crippen LogP contribution in [0.4, 0.5) is 0 Å². The molecule has 1 fully saturated rings. The minimum absolute atomic E-state index is 0.0180. The lowest BCUT2D eigenvalue weighted by Crippen LogP contribution is -2.38. The molecule has 1 saturated carbocycles. The van der Waals surface area contributed by atoms with Gasteiger partial charge in [0.25, 0.3) is 5.91 Å². The molecule has 0 bridgehead atoms. The van der Waals surface area contributed by atoms with Crippen LogP contribution in [0.3, 0.4) is 0 Å². The van der Waals surface area contributed by atoms with Crippen LogP contribution in [0.25, 0.3) is 0 Å². The molecule has 0 aromatic carbocycles. The van der Waals surface area contributed by atoms with Gasteiger partial charge in [-0.3, -0.25) is 4.79 Å². The Labute approximate surface area is 65.8 Å². The molecule has 0 spiro atoms. The van der Waals surface area contributed by atoms with Crippen molar-refractivity contribution in [3.8, 4) is 11.8 Å². The lowest BCUT2D eigenvalue weighted by Gasteiger charge is -2.10. The van der Waals surface area contributed by atoms with Gasteiger partial charge in [0.2, 0.25) is 0 Å². The Bertz CT molecular complexity index is 220. The highest BCUT2D eigenvalue weighted by molar-refractivity contribution is 5.94. The summed E-state index contributed by atoms with van der Waals surface area (Å²) >= 11 is 0. The first-order chi connectivity index (χ1) is 5.22. The molecule has 1 aliphatic rings. The first-order valence-corrected chi connectivity index (χ1v) is 3.58. The maximum Gasteiger partial charge on any atom is 0.296 e. The zero-order valence-corrected chi connectivity index (χ0v) is 6.48. The number of carbonyl (C=O) groups is 1.